The van der Waals surface area contributed by atoms with E-state index in [-0.39, 0.29) is 11.8 Å². The molecule has 1 unspecified atom stereocenters. The average Bonchev–Trinajstić information content (AvgIpc) is 2.99. The van der Waals surface area contributed by atoms with Crippen molar-refractivity contribution in [3.63, 3.8) is 0 Å². The molecule has 0 bridgehead atoms. The van der Waals surface area contributed by atoms with Crippen molar-refractivity contribution in [3.05, 3.63) is 40.8 Å². The van der Waals surface area contributed by atoms with Crippen LogP contribution < -0.4 is 10.2 Å². The summed E-state index contributed by atoms with van der Waals surface area (Å²) in [6, 6.07) is 10.3. The van der Waals surface area contributed by atoms with E-state index in [0.29, 0.717) is 6.42 Å². The number of anilines is 2. The number of thiazole rings is 1. The molecule has 4 rings (SSSR count). The van der Waals surface area contributed by atoms with Gasteiger partial charge in [0, 0.05) is 25.4 Å². The molecule has 0 aliphatic carbocycles. The Labute approximate surface area is 134 Å². The van der Waals surface area contributed by atoms with Crippen LogP contribution in [0.1, 0.15) is 42.0 Å². The van der Waals surface area contributed by atoms with Crippen LogP contribution in [0.3, 0.4) is 0 Å². The predicted molar refractivity (Wildman–Crippen MR) is 89.7 cm³/mol. The molecule has 22 heavy (non-hydrogen) atoms. The van der Waals surface area contributed by atoms with Gasteiger partial charge in [0.1, 0.15) is 5.82 Å². The standard InChI is InChI=1S/C17H19N3OS/c21-14-11-13(12-7-3-1-4-8-12)15-16(18-14)19-17(22-15)20-9-5-2-6-10-20/h1,3-4,7-8,13H,2,5-6,9-11H2,(H,18,21). The van der Waals surface area contributed by atoms with Gasteiger partial charge in [0.2, 0.25) is 5.91 Å². The van der Waals surface area contributed by atoms with Gasteiger partial charge in [-0.3, -0.25) is 4.79 Å². The van der Waals surface area contributed by atoms with Crippen molar-refractivity contribution in [3.8, 4) is 0 Å². The van der Waals surface area contributed by atoms with Crippen molar-refractivity contribution >= 4 is 28.2 Å². The van der Waals surface area contributed by atoms with Crippen molar-refractivity contribution < 1.29 is 4.79 Å². The van der Waals surface area contributed by atoms with E-state index >= 15 is 0 Å². The fourth-order valence-corrected chi connectivity index (χ4v) is 4.48. The van der Waals surface area contributed by atoms with E-state index < -0.39 is 0 Å². The maximum Gasteiger partial charge on any atom is 0.226 e. The minimum atomic E-state index is 0.0665. The number of carbonyl (C=O) groups excluding carboxylic acids is 1. The van der Waals surface area contributed by atoms with Gasteiger partial charge in [-0.05, 0) is 24.8 Å². The Balaban J connectivity index is 1.70. The highest BCUT2D eigenvalue weighted by atomic mass is 32.1. The number of fused-ring (bicyclic) bond motifs is 1. The number of benzene rings is 1. The zero-order chi connectivity index (χ0) is 14.9. The molecule has 1 amide bonds. The molecule has 2 aliphatic rings. The fraction of sp³-hybridized carbons (Fsp3) is 0.412. The molecule has 1 atom stereocenters. The third-order valence-corrected chi connectivity index (χ3v) is 5.66. The Morgan fingerprint density at radius 3 is 2.68 bits per heavy atom. The number of amides is 1. The number of hydrogen-bond acceptors (Lipinski definition) is 4. The Kier molecular flexibility index (Phi) is 3.58. The van der Waals surface area contributed by atoms with Gasteiger partial charge >= 0.3 is 0 Å². The minimum absolute atomic E-state index is 0.0665. The summed E-state index contributed by atoms with van der Waals surface area (Å²) in [5, 5.41) is 4.02. The van der Waals surface area contributed by atoms with Crippen molar-refractivity contribution in [1.82, 2.24) is 4.98 Å². The summed E-state index contributed by atoms with van der Waals surface area (Å²) in [6.45, 7) is 2.16. The normalized spacial score (nSPS) is 21.4. The van der Waals surface area contributed by atoms with E-state index in [2.05, 4.69) is 22.3 Å². The zero-order valence-corrected chi connectivity index (χ0v) is 13.2. The van der Waals surface area contributed by atoms with Crippen LogP contribution in [-0.4, -0.2) is 24.0 Å². The average molecular weight is 313 g/mol. The maximum atomic E-state index is 12.0. The second kappa shape index (κ2) is 5.72. The Bertz CT molecular complexity index is 676. The highest BCUT2D eigenvalue weighted by molar-refractivity contribution is 7.16. The van der Waals surface area contributed by atoms with Crippen molar-refractivity contribution in [2.45, 2.75) is 31.6 Å². The Morgan fingerprint density at radius 1 is 1.14 bits per heavy atom. The van der Waals surface area contributed by atoms with Gasteiger partial charge in [-0.25, -0.2) is 4.98 Å². The minimum Gasteiger partial charge on any atom is -0.348 e. The van der Waals surface area contributed by atoms with Gasteiger partial charge in [-0.15, -0.1) is 0 Å². The fourth-order valence-electron chi connectivity index (χ4n) is 3.28. The van der Waals surface area contributed by atoms with E-state index in [0.717, 1.165) is 24.0 Å². The van der Waals surface area contributed by atoms with Crippen LogP contribution in [0, 0.1) is 0 Å². The van der Waals surface area contributed by atoms with Crippen molar-refractivity contribution in [2.24, 2.45) is 0 Å². The molecule has 114 valence electrons. The molecule has 0 spiro atoms. The first-order valence-corrected chi connectivity index (χ1v) is 8.73. The van der Waals surface area contributed by atoms with E-state index in [9.17, 15) is 4.79 Å². The quantitative estimate of drug-likeness (QED) is 0.921. The number of hydrogen-bond donors (Lipinski definition) is 1. The molecule has 0 saturated carbocycles. The summed E-state index contributed by atoms with van der Waals surface area (Å²) in [5.74, 6) is 0.980. The topological polar surface area (TPSA) is 45.2 Å². The predicted octanol–water partition coefficient (Wildman–Crippen LogP) is 3.61. The van der Waals surface area contributed by atoms with Crippen molar-refractivity contribution in [1.29, 1.82) is 0 Å². The lowest BCUT2D eigenvalue weighted by Crippen LogP contribution is -2.29. The van der Waals surface area contributed by atoms with Crippen LogP contribution in [0.2, 0.25) is 0 Å². The molecule has 1 fully saturated rings. The van der Waals surface area contributed by atoms with Crippen LogP contribution in [0.5, 0.6) is 0 Å². The lowest BCUT2D eigenvalue weighted by molar-refractivity contribution is -0.116. The lowest BCUT2D eigenvalue weighted by atomic mass is 9.92. The smallest absolute Gasteiger partial charge is 0.226 e. The molecule has 3 heterocycles. The number of nitrogens with one attached hydrogen (secondary N) is 1. The Morgan fingerprint density at radius 2 is 1.91 bits per heavy atom. The molecule has 1 N–H and O–H groups in total. The third-order valence-electron chi connectivity index (χ3n) is 4.43. The highest BCUT2D eigenvalue weighted by Gasteiger charge is 2.31. The molecular weight excluding hydrogens is 294 g/mol. The molecule has 4 nitrogen and oxygen atoms in total. The number of piperidine rings is 1. The molecule has 1 saturated heterocycles. The number of carbonyl (C=O) groups is 1. The summed E-state index contributed by atoms with van der Waals surface area (Å²) in [5.41, 5.74) is 1.20. The zero-order valence-electron chi connectivity index (χ0n) is 12.4. The molecule has 5 heteroatoms. The summed E-state index contributed by atoms with van der Waals surface area (Å²) < 4.78 is 0. The number of rotatable bonds is 2. The summed E-state index contributed by atoms with van der Waals surface area (Å²) in [6.07, 6.45) is 4.29. The molecule has 1 aromatic heterocycles. The summed E-state index contributed by atoms with van der Waals surface area (Å²) >= 11 is 1.75. The van der Waals surface area contributed by atoms with Crippen LogP contribution in [0.25, 0.3) is 0 Å². The molecule has 2 aliphatic heterocycles. The summed E-state index contributed by atoms with van der Waals surface area (Å²) in [7, 11) is 0. The van der Waals surface area contributed by atoms with E-state index in [1.54, 1.807) is 11.3 Å². The third kappa shape index (κ3) is 2.50. The first kappa shape index (κ1) is 13.8. The van der Waals surface area contributed by atoms with E-state index in [1.807, 2.05) is 18.2 Å². The monoisotopic (exact) mass is 313 g/mol. The summed E-state index contributed by atoms with van der Waals surface area (Å²) in [4.78, 5) is 20.3. The van der Waals surface area contributed by atoms with E-state index in [4.69, 9.17) is 4.98 Å². The largest absolute Gasteiger partial charge is 0.348 e. The van der Waals surface area contributed by atoms with Crippen molar-refractivity contribution in [2.75, 3.05) is 23.3 Å². The highest BCUT2D eigenvalue weighted by Crippen LogP contribution is 2.43. The van der Waals surface area contributed by atoms with Gasteiger partial charge < -0.3 is 10.2 Å². The SMILES string of the molecule is O=C1CC(c2ccccc2)c2sc(N3CCCCC3)nc2N1. The first-order valence-electron chi connectivity index (χ1n) is 7.92. The molecule has 0 radical (unpaired) electrons. The first-order chi connectivity index (χ1) is 10.8. The molecule has 1 aromatic carbocycles. The molecular formula is C17H19N3OS. The van der Waals surface area contributed by atoms with Gasteiger partial charge in [-0.1, -0.05) is 41.7 Å². The lowest BCUT2D eigenvalue weighted by Gasteiger charge is -2.25. The Hall–Kier alpha value is -1.88. The second-order valence-electron chi connectivity index (χ2n) is 5.97. The van der Waals surface area contributed by atoms with Crippen LogP contribution >= 0.6 is 11.3 Å². The number of aromatic nitrogens is 1. The second-order valence-corrected chi connectivity index (χ2v) is 6.98. The van der Waals surface area contributed by atoms with Gasteiger partial charge in [0.15, 0.2) is 5.13 Å². The van der Waals surface area contributed by atoms with E-state index in [1.165, 1.54) is 29.7 Å². The van der Waals surface area contributed by atoms with Gasteiger partial charge in [0.05, 0.1) is 4.88 Å². The number of nitrogens with zero attached hydrogens (tertiary/aromatic N) is 2. The van der Waals surface area contributed by atoms with Crippen LogP contribution in [0.15, 0.2) is 30.3 Å². The van der Waals surface area contributed by atoms with Gasteiger partial charge in [-0.2, -0.15) is 0 Å². The van der Waals surface area contributed by atoms with Crippen LogP contribution in [-0.2, 0) is 4.79 Å². The van der Waals surface area contributed by atoms with Crippen LogP contribution in [0.4, 0.5) is 10.9 Å². The maximum absolute atomic E-state index is 12.0. The van der Waals surface area contributed by atoms with Gasteiger partial charge in [0.25, 0.3) is 0 Å². The molecule has 2 aromatic rings.